The molecule has 0 aliphatic rings. The third kappa shape index (κ3) is 4.25. The number of aliphatic carboxylic acids is 1. The molecule has 1 atom stereocenters. The van der Waals surface area contributed by atoms with Gasteiger partial charge in [-0.15, -0.1) is 0 Å². The fraction of sp³-hybridized carbons (Fsp3) is 0.267. The van der Waals surface area contributed by atoms with Crippen LogP contribution in [0.5, 0.6) is 0 Å². The summed E-state index contributed by atoms with van der Waals surface area (Å²) in [5.41, 5.74) is 8.51. The Balaban J connectivity index is 2.02. The van der Waals surface area contributed by atoms with Crippen molar-refractivity contribution in [2.45, 2.75) is 25.8 Å². The Morgan fingerprint density at radius 3 is 2.43 bits per heavy atom. The molecule has 1 heterocycles. The summed E-state index contributed by atoms with van der Waals surface area (Å²) in [7, 11) is 0. The van der Waals surface area contributed by atoms with Gasteiger partial charge in [0.2, 0.25) is 5.95 Å². The SMILES string of the molecule is CCc1ccc(Nc2ncc([C@H](N)CC(=O)O)cn2)cc1. The van der Waals surface area contributed by atoms with Gasteiger partial charge >= 0.3 is 5.97 Å². The van der Waals surface area contributed by atoms with Crippen LogP contribution in [0.2, 0.25) is 0 Å². The molecule has 110 valence electrons. The first kappa shape index (κ1) is 14.9. The molecule has 4 N–H and O–H groups in total. The maximum Gasteiger partial charge on any atom is 0.305 e. The van der Waals surface area contributed by atoms with Crippen LogP contribution < -0.4 is 11.1 Å². The summed E-state index contributed by atoms with van der Waals surface area (Å²) in [5, 5.41) is 11.8. The van der Waals surface area contributed by atoms with Crippen LogP contribution in [0, 0.1) is 0 Å². The van der Waals surface area contributed by atoms with Crippen molar-refractivity contribution in [3.63, 3.8) is 0 Å². The van der Waals surface area contributed by atoms with Gasteiger partial charge < -0.3 is 16.2 Å². The second-order valence-corrected chi connectivity index (χ2v) is 4.72. The molecule has 0 unspecified atom stereocenters. The molecule has 0 amide bonds. The maximum atomic E-state index is 10.6. The molecule has 21 heavy (non-hydrogen) atoms. The van der Waals surface area contributed by atoms with E-state index in [-0.39, 0.29) is 6.42 Å². The van der Waals surface area contributed by atoms with E-state index in [1.807, 2.05) is 24.3 Å². The zero-order valence-corrected chi connectivity index (χ0v) is 11.8. The minimum absolute atomic E-state index is 0.144. The maximum absolute atomic E-state index is 10.6. The topological polar surface area (TPSA) is 101 Å². The first-order valence-electron chi connectivity index (χ1n) is 6.73. The molecule has 6 heteroatoms. The number of hydrogen-bond donors (Lipinski definition) is 3. The van der Waals surface area contributed by atoms with Crippen LogP contribution in [0.4, 0.5) is 11.6 Å². The second-order valence-electron chi connectivity index (χ2n) is 4.72. The van der Waals surface area contributed by atoms with Gasteiger partial charge in [-0.3, -0.25) is 4.79 Å². The Kier molecular flexibility index (Phi) is 4.84. The number of anilines is 2. The number of hydrogen-bond acceptors (Lipinski definition) is 5. The van der Waals surface area contributed by atoms with Gasteiger partial charge in [0, 0.05) is 29.7 Å². The highest BCUT2D eigenvalue weighted by molar-refractivity contribution is 5.67. The lowest BCUT2D eigenvalue weighted by Gasteiger charge is -2.10. The van der Waals surface area contributed by atoms with Crippen LogP contribution in [0.25, 0.3) is 0 Å². The average molecular weight is 286 g/mol. The van der Waals surface area contributed by atoms with E-state index in [2.05, 4.69) is 22.2 Å². The van der Waals surface area contributed by atoms with Crippen LogP contribution in [0.1, 0.15) is 30.5 Å². The Morgan fingerprint density at radius 2 is 1.90 bits per heavy atom. The average Bonchev–Trinajstić information content (AvgIpc) is 2.48. The number of rotatable bonds is 6. The van der Waals surface area contributed by atoms with Crippen molar-refractivity contribution in [1.29, 1.82) is 0 Å². The van der Waals surface area contributed by atoms with Gasteiger partial charge in [-0.1, -0.05) is 19.1 Å². The molecule has 2 aromatic rings. The Hall–Kier alpha value is -2.47. The van der Waals surface area contributed by atoms with Gasteiger partial charge in [-0.25, -0.2) is 9.97 Å². The number of benzene rings is 1. The second kappa shape index (κ2) is 6.81. The van der Waals surface area contributed by atoms with E-state index in [0.29, 0.717) is 11.5 Å². The van der Waals surface area contributed by atoms with E-state index in [0.717, 1.165) is 12.1 Å². The van der Waals surface area contributed by atoms with Gasteiger partial charge in [-0.05, 0) is 24.1 Å². The van der Waals surface area contributed by atoms with E-state index in [1.54, 1.807) is 12.4 Å². The highest BCUT2D eigenvalue weighted by atomic mass is 16.4. The third-order valence-corrected chi connectivity index (χ3v) is 3.11. The van der Waals surface area contributed by atoms with Crippen LogP contribution in [-0.4, -0.2) is 21.0 Å². The lowest BCUT2D eigenvalue weighted by molar-refractivity contribution is -0.137. The number of nitrogens with two attached hydrogens (primary N) is 1. The van der Waals surface area contributed by atoms with Crippen LogP contribution in [-0.2, 0) is 11.2 Å². The molecule has 1 aromatic carbocycles. The smallest absolute Gasteiger partial charge is 0.305 e. The van der Waals surface area contributed by atoms with E-state index >= 15 is 0 Å². The first-order valence-corrected chi connectivity index (χ1v) is 6.73. The lowest BCUT2D eigenvalue weighted by atomic mass is 10.1. The largest absolute Gasteiger partial charge is 0.481 e. The number of nitrogens with one attached hydrogen (secondary N) is 1. The molecule has 2 rings (SSSR count). The Labute approximate surface area is 123 Å². The highest BCUT2D eigenvalue weighted by Gasteiger charge is 2.11. The molecule has 0 radical (unpaired) electrons. The zero-order chi connectivity index (χ0) is 15.2. The molecule has 0 saturated heterocycles. The number of carboxylic acid groups (broad SMARTS) is 1. The molecular formula is C15H18N4O2. The number of carboxylic acids is 1. The summed E-state index contributed by atoms with van der Waals surface area (Å²) in [4.78, 5) is 18.9. The quantitative estimate of drug-likeness (QED) is 0.753. The third-order valence-electron chi connectivity index (χ3n) is 3.11. The predicted octanol–water partition coefficient (Wildman–Crippen LogP) is 2.26. The standard InChI is InChI=1S/C15H18N4O2/c1-2-10-3-5-12(6-4-10)19-15-17-8-11(9-18-15)13(16)7-14(20)21/h3-6,8-9,13H,2,7,16H2,1H3,(H,20,21)(H,17,18,19)/t13-/m1/s1. The van der Waals surface area contributed by atoms with E-state index < -0.39 is 12.0 Å². The number of carbonyl (C=O) groups is 1. The van der Waals surface area contributed by atoms with Gasteiger partial charge in [0.25, 0.3) is 0 Å². The summed E-state index contributed by atoms with van der Waals surface area (Å²) in [6.07, 6.45) is 3.94. The van der Waals surface area contributed by atoms with Crippen molar-refractivity contribution in [2.24, 2.45) is 5.73 Å². The first-order chi connectivity index (χ1) is 10.1. The summed E-state index contributed by atoms with van der Waals surface area (Å²) < 4.78 is 0. The van der Waals surface area contributed by atoms with E-state index in [1.165, 1.54) is 5.56 Å². The highest BCUT2D eigenvalue weighted by Crippen LogP contribution is 2.16. The van der Waals surface area contributed by atoms with Crippen LogP contribution in [0.3, 0.4) is 0 Å². The van der Waals surface area contributed by atoms with Crippen molar-refractivity contribution in [3.8, 4) is 0 Å². The van der Waals surface area contributed by atoms with Crippen LogP contribution >= 0.6 is 0 Å². The van der Waals surface area contributed by atoms with Crippen molar-refractivity contribution < 1.29 is 9.90 Å². The molecule has 0 spiro atoms. The fourth-order valence-electron chi connectivity index (χ4n) is 1.85. The van der Waals surface area contributed by atoms with Gasteiger partial charge in [0.05, 0.1) is 6.42 Å². The normalized spacial score (nSPS) is 11.9. The van der Waals surface area contributed by atoms with Crippen molar-refractivity contribution in [3.05, 3.63) is 47.8 Å². The molecule has 0 aliphatic heterocycles. The van der Waals surface area contributed by atoms with Crippen molar-refractivity contribution in [2.75, 3.05) is 5.32 Å². The Bertz CT molecular complexity index is 596. The molecule has 0 fully saturated rings. The van der Waals surface area contributed by atoms with Crippen molar-refractivity contribution >= 4 is 17.6 Å². The Morgan fingerprint density at radius 1 is 1.29 bits per heavy atom. The summed E-state index contributed by atoms with van der Waals surface area (Å²) in [5.74, 6) is -0.494. The van der Waals surface area contributed by atoms with Gasteiger partial charge in [0.15, 0.2) is 0 Å². The molecule has 1 aromatic heterocycles. The lowest BCUT2D eigenvalue weighted by Crippen LogP contribution is -2.15. The summed E-state index contributed by atoms with van der Waals surface area (Å²) in [6.45, 7) is 2.10. The number of aryl methyl sites for hydroxylation is 1. The number of nitrogens with zero attached hydrogens (tertiary/aromatic N) is 2. The van der Waals surface area contributed by atoms with Crippen molar-refractivity contribution in [1.82, 2.24) is 9.97 Å². The van der Waals surface area contributed by atoms with Gasteiger partial charge in [0.1, 0.15) is 0 Å². The van der Waals surface area contributed by atoms with Gasteiger partial charge in [-0.2, -0.15) is 0 Å². The monoisotopic (exact) mass is 286 g/mol. The van der Waals surface area contributed by atoms with Crippen LogP contribution in [0.15, 0.2) is 36.7 Å². The summed E-state index contributed by atoms with van der Waals surface area (Å²) in [6, 6.07) is 7.41. The minimum atomic E-state index is -0.944. The fourth-order valence-corrected chi connectivity index (χ4v) is 1.85. The zero-order valence-electron chi connectivity index (χ0n) is 11.8. The number of aromatic nitrogens is 2. The molecule has 6 nitrogen and oxygen atoms in total. The minimum Gasteiger partial charge on any atom is -0.481 e. The molecule has 0 saturated carbocycles. The summed E-state index contributed by atoms with van der Waals surface area (Å²) >= 11 is 0. The molecular weight excluding hydrogens is 268 g/mol. The molecule has 0 aliphatic carbocycles. The molecule has 0 bridgehead atoms. The van der Waals surface area contributed by atoms with E-state index in [9.17, 15) is 4.79 Å². The van der Waals surface area contributed by atoms with E-state index in [4.69, 9.17) is 10.8 Å². The predicted molar refractivity (Wildman–Crippen MR) is 80.3 cm³/mol.